The molecule has 192 valence electrons. The highest BCUT2D eigenvalue weighted by molar-refractivity contribution is 8.00. The minimum absolute atomic E-state index is 0. The standard InChI is InChI=1S/C29H27ClNO3S2.BrH/c1-4-34-25(32)17-24-26(31-15-13-19(2)14-16-31)29(35-18-22-8-6-5-7-20(22)3)36-28(24)27(33)21-9-11-23(30)12-10-21;/h5-16H,4,17-18H2,1-3H3;1H/q+1;/p-1. The summed E-state index contributed by atoms with van der Waals surface area (Å²) in [5.74, 6) is 0.262. The first-order valence-corrected chi connectivity index (χ1v) is 13.8. The lowest BCUT2D eigenvalue weighted by atomic mass is 10.0. The first-order chi connectivity index (χ1) is 17.4. The van der Waals surface area contributed by atoms with Gasteiger partial charge in [-0.1, -0.05) is 35.9 Å². The summed E-state index contributed by atoms with van der Waals surface area (Å²) >= 11 is 9.16. The molecule has 0 saturated heterocycles. The van der Waals surface area contributed by atoms with Crippen LogP contribution in [0.15, 0.2) is 77.3 Å². The molecule has 0 atom stereocenters. The van der Waals surface area contributed by atoms with E-state index in [4.69, 9.17) is 16.3 Å². The fraction of sp³-hybridized carbons (Fsp3) is 0.207. The van der Waals surface area contributed by atoms with Gasteiger partial charge in [-0.2, -0.15) is 4.57 Å². The Morgan fingerprint density at radius 3 is 2.32 bits per heavy atom. The summed E-state index contributed by atoms with van der Waals surface area (Å²) in [5, 5.41) is 0.565. The molecule has 0 radical (unpaired) electrons. The highest BCUT2D eigenvalue weighted by Gasteiger charge is 2.31. The van der Waals surface area contributed by atoms with Gasteiger partial charge in [-0.3, -0.25) is 9.59 Å². The highest BCUT2D eigenvalue weighted by Crippen LogP contribution is 2.40. The number of aromatic nitrogens is 1. The van der Waals surface area contributed by atoms with Gasteiger partial charge in [0.05, 0.1) is 23.5 Å². The highest BCUT2D eigenvalue weighted by atomic mass is 79.9. The molecule has 0 spiro atoms. The van der Waals surface area contributed by atoms with Crippen molar-refractivity contribution in [3.63, 3.8) is 0 Å². The van der Waals surface area contributed by atoms with E-state index in [0.717, 1.165) is 21.2 Å². The number of halogens is 2. The van der Waals surface area contributed by atoms with Gasteiger partial charge in [0, 0.05) is 28.5 Å². The number of esters is 1. The van der Waals surface area contributed by atoms with E-state index >= 15 is 0 Å². The van der Waals surface area contributed by atoms with E-state index in [2.05, 4.69) is 19.1 Å². The molecule has 0 aliphatic heterocycles. The Bertz CT molecular complexity index is 1390. The summed E-state index contributed by atoms with van der Waals surface area (Å²) in [7, 11) is 0. The number of ether oxygens (including phenoxy) is 1. The SMILES string of the molecule is CCOC(=O)Cc1c(C(=O)c2ccc(Cl)cc2)sc(SCc2ccccc2C)c1-[n+]1ccc(C)cc1.[Br-]. The van der Waals surface area contributed by atoms with Gasteiger partial charge in [0.1, 0.15) is 4.21 Å². The summed E-state index contributed by atoms with van der Waals surface area (Å²) in [6, 6.07) is 19.2. The molecule has 37 heavy (non-hydrogen) atoms. The second-order valence-corrected chi connectivity index (χ2v) is 11.1. The molecule has 0 aliphatic carbocycles. The molecule has 0 fully saturated rings. The van der Waals surface area contributed by atoms with Crippen molar-refractivity contribution in [3.8, 4) is 5.69 Å². The number of carbonyl (C=O) groups is 2. The van der Waals surface area contributed by atoms with Crippen molar-refractivity contribution < 1.29 is 35.9 Å². The molecule has 0 unspecified atom stereocenters. The molecule has 4 rings (SSSR count). The number of pyridine rings is 1. The number of ketones is 1. The molecule has 0 N–H and O–H groups in total. The molecule has 0 saturated carbocycles. The average molecular weight is 617 g/mol. The normalized spacial score (nSPS) is 10.6. The zero-order valence-corrected chi connectivity index (χ0v) is 24.8. The zero-order chi connectivity index (χ0) is 25.7. The van der Waals surface area contributed by atoms with Crippen molar-refractivity contribution in [2.75, 3.05) is 6.61 Å². The van der Waals surface area contributed by atoms with Crippen LogP contribution in [0, 0.1) is 13.8 Å². The predicted octanol–water partition coefficient (Wildman–Crippen LogP) is 3.93. The minimum atomic E-state index is -0.357. The number of thioether (sulfide) groups is 1. The maximum absolute atomic E-state index is 13.7. The van der Waals surface area contributed by atoms with Gasteiger partial charge in [0.25, 0.3) is 0 Å². The van der Waals surface area contributed by atoms with E-state index in [1.54, 1.807) is 43.0 Å². The number of aryl methyl sites for hydroxylation is 2. The Balaban J connectivity index is 0.00000380. The summed E-state index contributed by atoms with van der Waals surface area (Å²) in [6.45, 7) is 6.19. The largest absolute Gasteiger partial charge is 1.00 e. The molecule has 2 heterocycles. The van der Waals surface area contributed by atoms with Gasteiger partial charge in [0.2, 0.25) is 11.5 Å². The van der Waals surface area contributed by atoms with E-state index in [9.17, 15) is 9.59 Å². The Labute approximate surface area is 241 Å². The van der Waals surface area contributed by atoms with E-state index in [1.807, 2.05) is 48.1 Å². The maximum Gasteiger partial charge on any atom is 0.310 e. The van der Waals surface area contributed by atoms with E-state index < -0.39 is 0 Å². The predicted molar refractivity (Wildman–Crippen MR) is 147 cm³/mol. The van der Waals surface area contributed by atoms with Crippen LogP contribution >= 0.6 is 34.7 Å². The third-order valence-corrected chi connectivity index (χ3v) is 8.54. The Hall–Kier alpha value is -2.45. The third-order valence-electron chi connectivity index (χ3n) is 5.76. The lowest BCUT2D eigenvalue weighted by molar-refractivity contribution is -0.598. The molecule has 2 aromatic heterocycles. The second kappa shape index (κ2) is 13.4. The van der Waals surface area contributed by atoms with Gasteiger partial charge in [-0.25, -0.2) is 0 Å². The Morgan fingerprint density at radius 2 is 1.68 bits per heavy atom. The van der Waals surface area contributed by atoms with Crippen molar-refractivity contribution in [2.24, 2.45) is 0 Å². The average Bonchev–Trinajstić information content (AvgIpc) is 3.22. The van der Waals surface area contributed by atoms with Crippen LogP contribution in [0.2, 0.25) is 5.02 Å². The van der Waals surface area contributed by atoms with E-state index in [-0.39, 0.29) is 41.8 Å². The van der Waals surface area contributed by atoms with Gasteiger partial charge in [0.15, 0.2) is 12.4 Å². The molecule has 2 aromatic carbocycles. The number of carbonyl (C=O) groups excluding carboxylic acids is 2. The van der Waals surface area contributed by atoms with Crippen LogP contribution in [0.25, 0.3) is 5.69 Å². The van der Waals surface area contributed by atoms with Crippen molar-refractivity contribution >= 4 is 46.5 Å². The molecule has 8 heteroatoms. The van der Waals surface area contributed by atoms with Crippen molar-refractivity contribution in [1.82, 2.24) is 0 Å². The maximum atomic E-state index is 13.7. The molecular formula is C29H27BrClNO3S2. The second-order valence-electron chi connectivity index (χ2n) is 8.36. The number of hydrogen-bond acceptors (Lipinski definition) is 5. The third kappa shape index (κ3) is 7.11. The number of rotatable bonds is 9. The first-order valence-electron chi connectivity index (χ1n) is 11.6. The summed E-state index contributed by atoms with van der Waals surface area (Å²) in [4.78, 5) is 26.9. The van der Waals surface area contributed by atoms with E-state index in [1.165, 1.54) is 22.5 Å². The fourth-order valence-electron chi connectivity index (χ4n) is 3.79. The monoisotopic (exact) mass is 615 g/mol. The number of hydrogen-bond donors (Lipinski definition) is 0. The molecular weight excluding hydrogens is 590 g/mol. The first kappa shape index (κ1) is 29.1. The van der Waals surface area contributed by atoms with Gasteiger partial charge >= 0.3 is 5.97 Å². The Morgan fingerprint density at radius 1 is 1.00 bits per heavy atom. The smallest absolute Gasteiger partial charge is 0.310 e. The van der Waals surface area contributed by atoms with Crippen LogP contribution in [0.1, 0.15) is 44.4 Å². The lowest BCUT2D eigenvalue weighted by Crippen LogP contribution is -3.00. The quantitative estimate of drug-likeness (QED) is 0.124. The van der Waals surface area contributed by atoms with Gasteiger partial charge in [-0.05, 0) is 61.7 Å². The van der Waals surface area contributed by atoms with Crippen molar-refractivity contribution in [1.29, 1.82) is 0 Å². The molecule has 4 nitrogen and oxygen atoms in total. The molecule has 0 amide bonds. The van der Waals surface area contributed by atoms with Crippen molar-refractivity contribution in [3.05, 3.63) is 111 Å². The molecule has 4 aromatic rings. The topological polar surface area (TPSA) is 47.3 Å². The fourth-order valence-corrected chi connectivity index (χ4v) is 6.57. The summed E-state index contributed by atoms with van der Waals surface area (Å²) in [6.07, 6.45) is 3.96. The minimum Gasteiger partial charge on any atom is -1.00 e. The Kier molecular flexibility index (Phi) is 10.5. The van der Waals surface area contributed by atoms with Crippen LogP contribution in [0.5, 0.6) is 0 Å². The summed E-state index contributed by atoms with van der Waals surface area (Å²) in [5.41, 5.74) is 5.63. The number of benzene rings is 2. The number of nitrogens with zero attached hydrogens (tertiary/aromatic N) is 1. The van der Waals surface area contributed by atoms with Crippen LogP contribution in [-0.2, 0) is 21.7 Å². The van der Waals surface area contributed by atoms with Crippen LogP contribution in [0.4, 0.5) is 0 Å². The molecule has 0 bridgehead atoms. The van der Waals surface area contributed by atoms with Gasteiger partial charge < -0.3 is 21.7 Å². The molecule has 0 aliphatic rings. The lowest BCUT2D eigenvalue weighted by Gasteiger charge is -2.06. The number of thiophene rings is 1. The van der Waals surface area contributed by atoms with Gasteiger partial charge in [-0.15, -0.1) is 23.1 Å². The summed E-state index contributed by atoms with van der Waals surface area (Å²) < 4.78 is 8.26. The van der Waals surface area contributed by atoms with Crippen LogP contribution in [0.3, 0.4) is 0 Å². The van der Waals surface area contributed by atoms with Crippen LogP contribution in [-0.4, -0.2) is 18.4 Å². The van der Waals surface area contributed by atoms with E-state index in [0.29, 0.717) is 21.0 Å². The zero-order valence-electron chi connectivity index (χ0n) is 20.8. The van der Waals surface area contributed by atoms with Crippen molar-refractivity contribution in [2.45, 2.75) is 37.2 Å². The van der Waals surface area contributed by atoms with Crippen LogP contribution < -0.4 is 21.5 Å².